The van der Waals surface area contributed by atoms with E-state index < -0.39 is 0 Å². The van der Waals surface area contributed by atoms with Crippen molar-refractivity contribution < 1.29 is 410 Å². The van der Waals surface area contributed by atoms with Crippen LogP contribution < -0.4 is 29.6 Å². The number of amides is 7. The van der Waals surface area contributed by atoms with Crippen LogP contribution in [0.5, 0.6) is 0 Å². The normalized spacial score (nSPS) is 3.35. The minimum atomic E-state index is 0. The molecule has 0 atom stereocenters. The Morgan fingerprint density at radius 3 is 0.183 bits per heavy atom. The fraction of sp³-hybridized carbons (Fsp3) is 0.667. The van der Waals surface area contributed by atoms with Crippen LogP contribution in [-0.2, 0) is 344 Å². The molecule has 466 valence electrons. The van der Waals surface area contributed by atoms with E-state index in [9.17, 15) is 33.6 Å². The number of carbonyl (C=O) groups excluding carboxylic acids is 7. The van der Waals surface area contributed by atoms with Crippen molar-refractivity contribution in [1.29, 1.82) is 0 Å². The van der Waals surface area contributed by atoms with Gasteiger partial charge in [-0.2, -0.15) is 0 Å². The Bertz CT molecular complexity index is 441. The first-order chi connectivity index (χ1) is 15.9. The van der Waals surface area contributed by atoms with Crippen LogP contribution in [0.15, 0.2) is 0 Å². The summed E-state index contributed by atoms with van der Waals surface area (Å²) in [6.07, 6.45) is 5.25. The third-order valence-electron chi connectivity index (χ3n) is 1.48. The Labute approximate surface area is 580 Å². The van der Waals surface area contributed by atoms with Gasteiger partial charge in [0, 0.05) is 267 Å². The first-order valence-electron chi connectivity index (χ1n) is 9.72. The second-order valence-electron chi connectivity index (χ2n) is 7.48. The van der Waals surface area contributed by atoms with Gasteiger partial charge in [-0.15, -0.1) is 0 Å². The zero-order valence-electron chi connectivity index (χ0n) is 39.5. The van der Waals surface area contributed by atoms with Gasteiger partial charge in [0.2, 0.25) is 44.9 Å². The molecule has 0 saturated heterocycles. The van der Waals surface area contributed by atoms with Crippen LogP contribution in [-0.4, -0.2) is 178 Å². The average molecular weight is 1860 g/mol. The van der Waals surface area contributed by atoms with Gasteiger partial charge in [0.1, 0.15) is 0 Å². The summed E-state index contributed by atoms with van der Waals surface area (Å²) in [5, 5.41) is 0. The van der Waals surface area contributed by atoms with Crippen molar-refractivity contribution in [3.63, 3.8) is 0 Å². The number of carbonyl (C=O) groups is 7. The van der Waals surface area contributed by atoms with Gasteiger partial charge in [0.05, 0.1) is 0 Å². The largest absolute Gasteiger partial charge is 3.00 e. The summed E-state index contributed by atoms with van der Waals surface area (Å²) >= 11 is 0. The fourth-order valence-corrected chi connectivity index (χ4v) is 0. The van der Waals surface area contributed by atoms with Crippen LogP contribution in [0.3, 0.4) is 0 Å². The second-order valence-corrected chi connectivity index (χ2v) is 7.48. The summed E-state index contributed by atoms with van der Waals surface area (Å²) in [6.45, 7) is 0. The molecule has 0 N–H and O–H groups in total. The van der Waals surface area contributed by atoms with Gasteiger partial charge < -0.3 is 177 Å². The van der Waals surface area contributed by atoms with Gasteiger partial charge >= 0.3 is 65.2 Å². The molecule has 0 aliphatic heterocycles. The zero-order valence-corrected chi connectivity index (χ0v) is 61.2. The molecule has 0 rings (SSSR count). The monoisotopic (exact) mass is 1870 g/mol. The fourth-order valence-electron chi connectivity index (χ4n) is 0. The first-order valence-corrected chi connectivity index (χ1v) is 9.72. The molecule has 0 bridgehead atoms. The maximum atomic E-state index is 9.43. The maximum Gasteiger partial charge on any atom is 3.00 e. The molecular formula is C21H49LaMo8N7NaO33-48. The summed E-state index contributed by atoms with van der Waals surface area (Å²) < 4.78 is 0. The smallest absolute Gasteiger partial charge is 2.00 e. The van der Waals surface area contributed by atoms with Crippen molar-refractivity contribution >= 4 is 44.9 Å². The van der Waals surface area contributed by atoms with Gasteiger partial charge in [-0.3, -0.25) is 33.6 Å². The van der Waals surface area contributed by atoms with Crippen LogP contribution in [0.25, 0.3) is 0 Å². The minimum Gasteiger partial charge on any atom is -2.00 e. The molecule has 71 heavy (non-hydrogen) atoms. The molecule has 0 aromatic rings. The Morgan fingerprint density at radius 2 is 0.183 bits per heavy atom. The summed E-state index contributed by atoms with van der Waals surface area (Å²) in [5.74, 6) is 0. The van der Waals surface area contributed by atoms with Crippen molar-refractivity contribution in [2.45, 2.75) is 0 Å². The van der Waals surface area contributed by atoms with Crippen LogP contribution >= 0.6 is 0 Å². The molecule has 0 heterocycles. The van der Waals surface area contributed by atoms with Crippen LogP contribution in [0.1, 0.15) is 0 Å². The van der Waals surface area contributed by atoms with E-state index in [4.69, 9.17) is 0 Å². The van der Waals surface area contributed by atoms with Gasteiger partial charge in [-0.25, -0.2) is 0 Å². The predicted octanol–water partition coefficient (Wildman–Crippen LogP) is -8.17. The van der Waals surface area contributed by atoms with Gasteiger partial charge in [0.15, 0.2) is 0 Å². The molecule has 0 radical (unpaired) electrons. The molecule has 0 aliphatic carbocycles. The molecule has 0 aromatic heterocycles. The van der Waals surface area contributed by atoms with Crippen molar-refractivity contribution in [3.05, 3.63) is 0 Å². The third kappa shape index (κ3) is 1280. The SMILES string of the molecule is CN(C)C=O.CN(C)C=O.CN(C)C=O.CN(C)C=O.CN(C)C=O.CN(C)C=O.CN(C)C=O.[La+3].[Mo].[Mo].[Mo].[Mo].[Mo].[Mo].[Mo].[Mo].[Na+].[O-2].[O-2].[O-2].[O-2].[O-2].[O-2].[O-2].[O-2].[O-2].[O-2].[O-2].[O-2].[O-2].[O-2].[O-2].[O-2].[O-2].[O-2].[O-2].[O-2].[O-2].[O-2].[O-2].[O-2].[O-2].[O-2]. The average Bonchev–Trinajstić information content (AvgIpc) is 2.80. The van der Waals surface area contributed by atoms with Crippen molar-refractivity contribution in [3.8, 4) is 0 Å². The van der Waals surface area contributed by atoms with Crippen molar-refractivity contribution in [2.24, 2.45) is 0 Å². The molecule has 7 amide bonds. The number of hydrogen-bond acceptors (Lipinski definition) is 7. The van der Waals surface area contributed by atoms with Gasteiger partial charge in [-0.1, -0.05) is 0 Å². The standard InChI is InChI=1S/7C3H7NO.La.8Mo.Na.26O/c7*1-4(2)3-5;;;;;;;;;;;;;;;;;;;;;;;;;;;;;;;;;;;;/h7*3H,1-2H3;;;;;;;;;;;;;;;;;;;;;;;;;;;;;;;;;;;;/q;;;;;;;+3;;;;;;;;;+1;26*-2. The first kappa shape index (κ1) is 411. The zero-order chi connectivity index (χ0) is 30.0. The number of hydrogen-bond donors (Lipinski definition) is 0. The Kier molecular flexibility index (Phi) is 2280. The van der Waals surface area contributed by atoms with E-state index in [-0.39, 0.29) is 376 Å². The summed E-state index contributed by atoms with van der Waals surface area (Å²) in [4.78, 5) is 76.1. The topological polar surface area (TPSA) is 883 Å². The van der Waals surface area contributed by atoms with Crippen LogP contribution in [0.2, 0.25) is 0 Å². The van der Waals surface area contributed by atoms with Gasteiger partial charge in [-0.05, 0) is 0 Å². The van der Waals surface area contributed by atoms with E-state index >= 15 is 0 Å². The van der Waals surface area contributed by atoms with E-state index in [1.165, 1.54) is 34.3 Å². The van der Waals surface area contributed by atoms with E-state index in [1.54, 1.807) is 98.7 Å². The Balaban J connectivity index is -0.00000000290. The molecule has 0 fully saturated rings. The third-order valence-corrected chi connectivity index (χ3v) is 1.48. The number of nitrogens with zero attached hydrogens (tertiary/aromatic N) is 7. The van der Waals surface area contributed by atoms with E-state index in [0.717, 1.165) is 44.9 Å². The Hall–Kier alpha value is 2.95. The molecule has 0 saturated carbocycles. The van der Waals surface area contributed by atoms with E-state index in [0.29, 0.717) is 0 Å². The second kappa shape index (κ2) is 394. The molecule has 0 aromatic carbocycles. The molecule has 40 nitrogen and oxygen atoms in total. The summed E-state index contributed by atoms with van der Waals surface area (Å²) in [7, 11) is 23.6. The molecule has 50 heteroatoms. The number of rotatable bonds is 7. The summed E-state index contributed by atoms with van der Waals surface area (Å²) in [6, 6.07) is 0. The summed E-state index contributed by atoms with van der Waals surface area (Å²) in [5.41, 5.74) is 0. The molecular weight excluding hydrogens is 1810 g/mol. The van der Waals surface area contributed by atoms with Crippen LogP contribution in [0.4, 0.5) is 0 Å². The van der Waals surface area contributed by atoms with E-state index in [1.807, 2.05) is 0 Å². The van der Waals surface area contributed by atoms with Crippen LogP contribution in [0, 0.1) is 35.6 Å². The molecule has 0 aliphatic rings. The van der Waals surface area contributed by atoms with Crippen molar-refractivity contribution in [1.82, 2.24) is 34.3 Å². The Morgan fingerprint density at radius 1 is 0.169 bits per heavy atom. The molecule has 0 unspecified atom stereocenters. The maximum absolute atomic E-state index is 9.43. The minimum absolute atomic E-state index is 0. The van der Waals surface area contributed by atoms with Crippen molar-refractivity contribution in [2.75, 3.05) is 98.7 Å². The molecule has 0 spiro atoms. The van der Waals surface area contributed by atoms with E-state index in [2.05, 4.69) is 0 Å². The quantitative estimate of drug-likeness (QED) is 0.175. The predicted molar refractivity (Wildman–Crippen MR) is 156 cm³/mol. The van der Waals surface area contributed by atoms with Gasteiger partial charge in [0.25, 0.3) is 0 Å².